The molecule has 7 nitrogen and oxygen atoms in total. The van der Waals surface area contributed by atoms with Gasteiger partial charge in [-0.3, -0.25) is 10.1 Å². The van der Waals surface area contributed by atoms with Gasteiger partial charge in [0, 0.05) is 23.9 Å². The number of rotatable bonds is 3. The Bertz CT molecular complexity index is 752. The first kappa shape index (κ1) is 11.1. The summed E-state index contributed by atoms with van der Waals surface area (Å²) in [6, 6.07) is 8.02. The lowest BCUT2D eigenvalue weighted by Gasteiger charge is -2.04. The number of hydrogen-bond acceptors (Lipinski definition) is 5. The van der Waals surface area contributed by atoms with Gasteiger partial charge in [-0.1, -0.05) is 6.07 Å². The minimum Gasteiger partial charge on any atom is -0.343 e. The number of aromatic amines is 1. The number of benzene rings is 1. The number of H-pyrrole nitrogens is 1. The van der Waals surface area contributed by atoms with Crippen LogP contribution in [0.15, 0.2) is 42.9 Å². The maximum absolute atomic E-state index is 10.7. The van der Waals surface area contributed by atoms with E-state index in [4.69, 9.17) is 0 Å². The number of aromatic nitrogens is 3. The maximum Gasteiger partial charge on any atom is 0.271 e. The molecule has 0 spiro atoms. The number of non-ortho nitro benzene ring substituents is 1. The van der Waals surface area contributed by atoms with Gasteiger partial charge in [0.2, 0.25) is 0 Å². The van der Waals surface area contributed by atoms with Crippen molar-refractivity contribution >= 4 is 28.2 Å². The second kappa shape index (κ2) is 4.37. The fourth-order valence-electron chi connectivity index (χ4n) is 1.75. The van der Waals surface area contributed by atoms with Gasteiger partial charge in [0.05, 0.1) is 28.5 Å². The summed E-state index contributed by atoms with van der Waals surface area (Å²) in [7, 11) is 0. The van der Waals surface area contributed by atoms with Crippen molar-refractivity contribution < 1.29 is 4.92 Å². The summed E-state index contributed by atoms with van der Waals surface area (Å²) in [5, 5.41) is 13.7. The molecule has 0 amide bonds. The molecule has 2 heterocycles. The SMILES string of the molecule is O=[N+]([O-])c1cccc(Nc2cc3nc[nH]c3cn2)c1. The lowest BCUT2D eigenvalue weighted by molar-refractivity contribution is -0.384. The van der Waals surface area contributed by atoms with Crippen molar-refractivity contribution in [3.63, 3.8) is 0 Å². The Hall–Kier alpha value is -2.96. The first-order chi connectivity index (χ1) is 9.22. The summed E-state index contributed by atoms with van der Waals surface area (Å²) in [4.78, 5) is 21.5. The molecule has 0 unspecified atom stereocenters. The van der Waals surface area contributed by atoms with Crippen molar-refractivity contribution in [3.05, 3.63) is 53.0 Å². The van der Waals surface area contributed by atoms with Crippen LogP contribution in [0.5, 0.6) is 0 Å². The molecule has 19 heavy (non-hydrogen) atoms. The first-order valence-electron chi connectivity index (χ1n) is 5.53. The molecular formula is C12H9N5O2. The van der Waals surface area contributed by atoms with Crippen molar-refractivity contribution in [1.82, 2.24) is 15.0 Å². The Morgan fingerprint density at radius 1 is 1.26 bits per heavy atom. The van der Waals surface area contributed by atoms with Crippen molar-refractivity contribution in [2.24, 2.45) is 0 Å². The largest absolute Gasteiger partial charge is 0.343 e. The van der Waals surface area contributed by atoms with Gasteiger partial charge in [-0.15, -0.1) is 0 Å². The Kier molecular flexibility index (Phi) is 2.57. The van der Waals surface area contributed by atoms with Crippen LogP contribution in [0.1, 0.15) is 0 Å². The molecule has 0 aliphatic rings. The topological polar surface area (TPSA) is 96.7 Å². The number of nitrogens with one attached hydrogen (secondary N) is 2. The molecular weight excluding hydrogens is 246 g/mol. The van der Waals surface area contributed by atoms with E-state index in [1.165, 1.54) is 12.1 Å². The molecule has 0 fully saturated rings. The van der Waals surface area contributed by atoms with Crippen molar-refractivity contribution in [2.45, 2.75) is 0 Å². The van der Waals surface area contributed by atoms with Gasteiger partial charge in [-0.05, 0) is 6.07 Å². The van der Waals surface area contributed by atoms with Crippen LogP contribution in [-0.2, 0) is 0 Å². The summed E-state index contributed by atoms with van der Waals surface area (Å²) in [5.74, 6) is 0.583. The van der Waals surface area contributed by atoms with Gasteiger partial charge in [-0.2, -0.15) is 0 Å². The zero-order valence-corrected chi connectivity index (χ0v) is 9.70. The molecule has 0 aliphatic heterocycles. The fraction of sp³-hybridized carbons (Fsp3) is 0. The van der Waals surface area contributed by atoms with E-state index < -0.39 is 4.92 Å². The van der Waals surface area contributed by atoms with E-state index in [0.717, 1.165) is 11.0 Å². The van der Waals surface area contributed by atoms with E-state index in [1.807, 2.05) is 0 Å². The number of fused-ring (bicyclic) bond motifs is 1. The molecule has 2 N–H and O–H groups in total. The molecule has 1 aromatic carbocycles. The molecule has 0 bridgehead atoms. The molecule has 0 aliphatic carbocycles. The highest BCUT2D eigenvalue weighted by atomic mass is 16.6. The molecule has 3 aromatic rings. The van der Waals surface area contributed by atoms with Gasteiger partial charge in [0.15, 0.2) is 0 Å². The van der Waals surface area contributed by atoms with Crippen LogP contribution in [0.25, 0.3) is 11.0 Å². The fourth-order valence-corrected chi connectivity index (χ4v) is 1.75. The third-order valence-corrected chi connectivity index (χ3v) is 2.64. The minimum absolute atomic E-state index is 0.0332. The van der Waals surface area contributed by atoms with Crippen LogP contribution in [0.4, 0.5) is 17.2 Å². The predicted molar refractivity (Wildman–Crippen MR) is 70.3 cm³/mol. The molecule has 94 valence electrons. The normalized spacial score (nSPS) is 10.5. The zero-order chi connectivity index (χ0) is 13.2. The Balaban J connectivity index is 1.91. The first-order valence-corrected chi connectivity index (χ1v) is 5.53. The van der Waals surface area contributed by atoms with Crippen LogP contribution < -0.4 is 5.32 Å². The summed E-state index contributed by atoms with van der Waals surface area (Å²) in [6.07, 6.45) is 3.24. The van der Waals surface area contributed by atoms with Crippen LogP contribution in [0.3, 0.4) is 0 Å². The smallest absolute Gasteiger partial charge is 0.271 e. The number of nitro benzene ring substituents is 1. The minimum atomic E-state index is -0.435. The lowest BCUT2D eigenvalue weighted by Crippen LogP contribution is -1.94. The Morgan fingerprint density at radius 2 is 2.16 bits per heavy atom. The average molecular weight is 255 g/mol. The van der Waals surface area contributed by atoms with E-state index in [9.17, 15) is 10.1 Å². The van der Waals surface area contributed by atoms with E-state index in [-0.39, 0.29) is 5.69 Å². The molecule has 0 saturated carbocycles. The van der Waals surface area contributed by atoms with Gasteiger partial charge in [-0.25, -0.2) is 9.97 Å². The van der Waals surface area contributed by atoms with E-state index >= 15 is 0 Å². The van der Waals surface area contributed by atoms with Gasteiger partial charge >= 0.3 is 0 Å². The summed E-state index contributed by atoms with van der Waals surface area (Å²) in [6.45, 7) is 0. The van der Waals surface area contributed by atoms with E-state index in [1.54, 1.807) is 30.7 Å². The van der Waals surface area contributed by atoms with Crippen molar-refractivity contribution in [3.8, 4) is 0 Å². The number of nitro groups is 1. The quantitative estimate of drug-likeness (QED) is 0.553. The predicted octanol–water partition coefficient (Wildman–Crippen LogP) is 2.61. The van der Waals surface area contributed by atoms with Crippen LogP contribution in [-0.4, -0.2) is 19.9 Å². The monoisotopic (exact) mass is 255 g/mol. The third-order valence-electron chi connectivity index (χ3n) is 2.64. The van der Waals surface area contributed by atoms with E-state index in [2.05, 4.69) is 20.3 Å². The van der Waals surface area contributed by atoms with Crippen LogP contribution in [0.2, 0.25) is 0 Å². The van der Waals surface area contributed by atoms with Gasteiger partial charge < -0.3 is 10.3 Å². The second-order valence-electron chi connectivity index (χ2n) is 3.92. The molecule has 0 saturated heterocycles. The molecule has 0 radical (unpaired) electrons. The molecule has 2 aromatic heterocycles. The summed E-state index contributed by atoms with van der Waals surface area (Å²) < 4.78 is 0. The number of nitrogens with zero attached hydrogens (tertiary/aromatic N) is 3. The van der Waals surface area contributed by atoms with Crippen molar-refractivity contribution in [1.29, 1.82) is 0 Å². The third kappa shape index (κ3) is 2.21. The zero-order valence-electron chi connectivity index (χ0n) is 9.70. The highest BCUT2D eigenvalue weighted by Crippen LogP contribution is 2.21. The number of hydrogen-bond donors (Lipinski definition) is 2. The van der Waals surface area contributed by atoms with E-state index in [0.29, 0.717) is 11.5 Å². The Morgan fingerprint density at radius 3 is 3.00 bits per heavy atom. The summed E-state index contributed by atoms with van der Waals surface area (Å²) in [5.41, 5.74) is 2.26. The maximum atomic E-state index is 10.7. The number of pyridine rings is 1. The molecule has 0 atom stereocenters. The highest BCUT2D eigenvalue weighted by molar-refractivity contribution is 5.77. The number of imidazole rings is 1. The van der Waals surface area contributed by atoms with Crippen molar-refractivity contribution in [2.75, 3.05) is 5.32 Å². The second-order valence-corrected chi connectivity index (χ2v) is 3.92. The Labute approximate surface area is 107 Å². The van der Waals surface area contributed by atoms with Crippen LogP contribution in [0, 0.1) is 10.1 Å². The molecule has 7 heteroatoms. The average Bonchev–Trinajstić information content (AvgIpc) is 2.86. The molecule has 3 rings (SSSR count). The standard InChI is InChI=1S/C12H9N5O2/c18-17(19)9-3-1-2-8(4-9)16-12-5-10-11(6-13-12)15-7-14-10/h1-7H,(H,13,16)(H,14,15). The van der Waals surface area contributed by atoms with Gasteiger partial charge in [0.1, 0.15) is 5.82 Å². The van der Waals surface area contributed by atoms with Gasteiger partial charge in [0.25, 0.3) is 5.69 Å². The highest BCUT2D eigenvalue weighted by Gasteiger charge is 2.06. The van der Waals surface area contributed by atoms with Crippen LogP contribution >= 0.6 is 0 Å². The summed E-state index contributed by atoms with van der Waals surface area (Å²) >= 11 is 0. The number of anilines is 2. The lowest BCUT2D eigenvalue weighted by atomic mass is 10.3.